The van der Waals surface area contributed by atoms with Crippen LogP contribution in [0.2, 0.25) is 4.34 Å². The first-order valence-corrected chi connectivity index (χ1v) is 4.54. The van der Waals surface area contributed by atoms with E-state index in [1.54, 1.807) is 0 Å². The molecule has 0 aliphatic rings. The molecular formula is C6H9ClN2OS. The first kappa shape index (κ1) is 8.90. The number of nitrogens with zero attached hydrogens (tertiary/aromatic N) is 2. The highest BCUT2D eigenvalue weighted by molar-refractivity contribution is 7.10. The van der Waals surface area contributed by atoms with E-state index in [1.807, 2.05) is 0 Å². The molecule has 1 heterocycles. The van der Waals surface area contributed by atoms with Crippen molar-refractivity contribution in [3.8, 4) is 0 Å². The molecule has 11 heavy (non-hydrogen) atoms. The first-order chi connectivity index (χ1) is 5.34. The van der Waals surface area contributed by atoms with Crippen molar-refractivity contribution in [3.63, 3.8) is 0 Å². The lowest BCUT2D eigenvalue weighted by Crippen LogP contribution is -1.94. The van der Waals surface area contributed by atoms with Crippen molar-refractivity contribution < 1.29 is 4.74 Å². The fourth-order valence-electron chi connectivity index (χ4n) is 0.596. The van der Waals surface area contributed by atoms with Gasteiger partial charge in [-0.05, 0) is 6.42 Å². The van der Waals surface area contributed by atoms with E-state index in [2.05, 4.69) is 16.5 Å². The zero-order valence-corrected chi connectivity index (χ0v) is 7.78. The lowest BCUT2D eigenvalue weighted by atomic mass is 10.5. The largest absolute Gasteiger partial charge is 0.375 e. The van der Waals surface area contributed by atoms with E-state index in [4.69, 9.17) is 16.3 Å². The van der Waals surface area contributed by atoms with Gasteiger partial charge in [0.2, 0.25) is 0 Å². The van der Waals surface area contributed by atoms with E-state index in [0.29, 0.717) is 10.9 Å². The number of ether oxygens (including phenoxy) is 1. The standard InChI is InChI=1S/C6H9ClN2OS/c1-2-3-10-4-5-6(7)11-9-8-5/h2-4H2,1H3. The smallest absolute Gasteiger partial charge is 0.139 e. The summed E-state index contributed by atoms with van der Waals surface area (Å²) >= 11 is 6.92. The van der Waals surface area contributed by atoms with Gasteiger partial charge < -0.3 is 4.74 Å². The minimum Gasteiger partial charge on any atom is -0.375 e. The first-order valence-electron chi connectivity index (χ1n) is 3.39. The summed E-state index contributed by atoms with van der Waals surface area (Å²) in [4.78, 5) is 0. The van der Waals surface area contributed by atoms with Crippen LogP contribution in [-0.4, -0.2) is 16.2 Å². The van der Waals surface area contributed by atoms with Gasteiger partial charge in [-0.15, -0.1) is 5.10 Å². The van der Waals surface area contributed by atoms with Gasteiger partial charge in [0.05, 0.1) is 6.61 Å². The lowest BCUT2D eigenvalue weighted by Gasteiger charge is -1.97. The molecular weight excluding hydrogens is 184 g/mol. The molecule has 0 spiro atoms. The molecule has 5 heteroatoms. The predicted octanol–water partition coefficient (Wildman–Crippen LogP) is 2.12. The fourth-order valence-corrected chi connectivity index (χ4v) is 1.20. The summed E-state index contributed by atoms with van der Waals surface area (Å²) in [7, 11) is 0. The van der Waals surface area contributed by atoms with Gasteiger partial charge in [0.1, 0.15) is 10.0 Å². The Bertz CT molecular complexity index is 216. The second kappa shape index (κ2) is 4.64. The van der Waals surface area contributed by atoms with E-state index >= 15 is 0 Å². The maximum absolute atomic E-state index is 5.73. The Hall–Kier alpha value is -0.190. The summed E-state index contributed by atoms with van der Waals surface area (Å²) in [6.07, 6.45) is 1.01. The Morgan fingerprint density at radius 1 is 1.64 bits per heavy atom. The molecule has 0 saturated carbocycles. The highest BCUT2D eigenvalue weighted by Gasteiger charge is 2.03. The predicted molar refractivity (Wildman–Crippen MR) is 44.9 cm³/mol. The average Bonchev–Trinajstić information content (AvgIpc) is 2.37. The van der Waals surface area contributed by atoms with Crippen molar-refractivity contribution >= 4 is 23.1 Å². The van der Waals surface area contributed by atoms with Crippen molar-refractivity contribution in [2.75, 3.05) is 6.61 Å². The van der Waals surface area contributed by atoms with E-state index in [-0.39, 0.29) is 0 Å². The molecule has 0 unspecified atom stereocenters. The van der Waals surface area contributed by atoms with E-state index in [1.165, 1.54) is 11.5 Å². The second-order valence-electron chi connectivity index (χ2n) is 2.05. The molecule has 0 fully saturated rings. The Labute approximate surface area is 74.5 Å². The molecule has 0 saturated heterocycles. The van der Waals surface area contributed by atoms with Gasteiger partial charge in [0, 0.05) is 18.1 Å². The normalized spacial score (nSPS) is 10.4. The number of hydrogen-bond acceptors (Lipinski definition) is 4. The van der Waals surface area contributed by atoms with E-state index < -0.39 is 0 Å². The molecule has 62 valence electrons. The molecule has 3 nitrogen and oxygen atoms in total. The maximum Gasteiger partial charge on any atom is 0.139 e. The molecule has 0 bridgehead atoms. The minimum absolute atomic E-state index is 0.475. The molecule has 0 aromatic carbocycles. The van der Waals surface area contributed by atoms with Gasteiger partial charge in [-0.25, -0.2) is 0 Å². The van der Waals surface area contributed by atoms with Crippen molar-refractivity contribution in [3.05, 3.63) is 10.0 Å². The van der Waals surface area contributed by atoms with Crippen LogP contribution in [-0.2, 0) is 11.3 Å². The zero-order valence-electron chi connectivity index (χ0n) is 6.21. The summed E-state index contributed by atoms with van der Waals surface area (Å²) < 4.78 is 9.53. The van der Waals surface area contributed by atoms with Crippen LogP contribution in [0.5, 0.6) is 0 Å². The van der Waals surface area contributed by atoms with Gasteiger partial charge in [-0.2, -0.15) is 0 Å². The van der Waals surface area contributed by atoms with Crippen LogP contribution in [0.25, 0.3) is 0 Å². The Kier molecular flexibility index (Phi) is 3.76. The van der Waals surface area contributed by atoms with Crippen LogP contribution in [0.3, 0.4) is 0 Å². The summed E-state index contributed by atoms with van der Waals surface area (Å²) in [6.45, 7) is 3.28. The Morgan fingerprint density at radius 3 is 3.00 bits per heavy atom. The lowest BCUT2D eigenvalue weighted by molar-refractivity contribution is 0.119. The summed E-state index contributed by atoms with van der Waals surface area (Å²) in [5.41, 5.74) is 0.741. The quantitative estimate of drug-likeness (QED) is 0.686. The SMILES string of the molecule is CCCOCc1nnsc1Cl. The van der Waals surface area contributed by atoms with Crippen molar-refractivity contribution in [2.45, 2.75) is 20.0 Å². The number of rotatable bonds is 4. The van der Waals surface area contributed by atoms with E-state index in [0.717, 1.165) is 18.7 Å². The summed E-state index contributed by atoms with van der Waals surface area (Å²) in [6, 6.07) is 0. The molecule has 0 aliphatic heterocycles. The van der Waals surface area contributed by atoms with Crippen LogP contribution in [0.15, 0.2) is 0 Å². The van der Waals surface area contributed by atoms with Crippen LogP contribution in [0, 0.1) is 0 Å². The zero-order chi connectivity index (χ0) is 8.10. The van der Waals surface area contributed by atoms with Crippen molar-refractivity contribution in [1.82, 2.24) is 9.59 Å². The summed E-state index contributed by atoms with van der Waals surface area (Å²) in [5, 5.41) is 3.80. The van der Waals surface area contributed by atoms with Crippen LogP contribution < -0.4 is 0 Å². The fraction of sp³-hybridized carbons (Fsp3) is 0.667. The van der Waals surface area contributed by atoms with Gasteiger partial charge >= 0.3 is 0 Å². The number of aromatic nitrogens is 2. The molecule has 0 amide bonds. The van der Waals surface area contributed by atoms with Gasteiger partial charge in [-0.3, -0.25) is 0 Å². The van der Waals surface area contributed by atoms with Gasteiger partial charge in [0.15, 0.2) is 0 Å². The Balaban J connectivity index is 2.32. The molecule has 1 aromatic rings. The number of hydrogen-bond donors (Lipinski definition) is 0. The molecule has 1 aromatic heterocycles. The molecule has 0 aliphatic carbocycles. The van der Waals surface area contributed by atoms with Gasteiger partial charge in [-0.1, -0.05) is 23.0 Å². The molecule has 1 rings (SSSR count). The third-order valence-corrected chi connectivity index (χ3v) is 2.08. The second-order valence-corrected chi connectivity index (χ2v) is 3.40. The van der Waals surface area contributed by atoms with Crippen LogP contribution >= 0.6 is 23.1 Å². The molecule has 0 atom stereocenters. The highest BCUT2D eigenvalue weighted by atomic mass is 35.5. The third-order valence-electron chi connectivity index (χ3n) is 1.10. The minimum atomic E-state index is 0.475. The topological polar surface area (TPSA) is 35.0 Å². The average molecular weight is 193 g/mol. The number of halogens is 1. The monoisotopic (exact) mass is 192 g/mol. The highest BCUT2D eigenvalue weighted by Crippen LogP contribution is 2.17. The van der Waals surface area contributed by atoms with E-state index in [9.17, 15) is 0 Å². The Morgan fingerprint density at radius 2 is 2.45 bits per heavy atom. The van der Waals surface area contributed by atoms with Crippen molar-refractivity contribution in [1.29, 1.82) is 0 Å². The van der Waals surface area contributed by atoms with Crippen molar-refractivity contribution in [2.24, 2.45) is 0 Å². The van der Waals surface area contributed by atoms with Crippen LogP contribution in [0.4, 0.5) is 0 Å². The van der Waals surface area contributed by atoms with Gasteiger partial charge in [0.25, 0.3) is 0 Å². The maximum atomic E-state index is 5.73. The van der Waals surface area contributed by atoms with Crippen LogP contribution in [0.1, 0.15) is 19.0 Å². The molecule has 0 radical (unpaired) electrons. The third kappa shape index (κ3) is 2.73. The molecule has 0 N–H and O–H groups in total. The summed E-state index contributed by atoms with van der Waals surface area (Å²) in [5.74, 6) is 0.